The molecule has 1 unspecified atom stereocenters. The summed E-state index contributed by atoms with van der Waals surface area (Å²) in [6.45, 7) is 3.19. The predicted octanol–water partition coefficient (Wildman–Crippen LogP) is 3.71. The van der Waals surface area contributed by atoms with E-state index < -0.39 is 22.4 Å². The maximum Gasteiger partial charge on any atom is 0.325 e. The van der Waals surface area contributed by atoms with Gasteiger partial charge in [-0.1, -0.05) is 41.9 Å². The van der Waals surface area contributed by atoms with Gasteiger partial charge in [0.15, 0.2) is 0 Å². The van der Waals surface area contributed by atoms with Gasteiger partial charge >= 0.3 is 6.03 Å². The highest BCUT2D eigenvalue weighted by Gasteiger charge is 2.49. The van der Waals surface area contributed by atoms with Gasteiger partial charge in [-0.2, -0.15) is 5.10 Å². The smallest absolute Gasteiger partial charge is 0.319 e. The fraction of sp³-hybridized carbons (Fsp3) is 0.190. The minimum Gasteiger partial charge on any atom is -0.319 e. The molecule has 2 aromatic carbocycles. The van der Waals surface area contributed by atoms with E-state index >= 15 is 0 Å². The Bertz CT molecular complexity index is 1210. The molecule has 1 saturated heterocycles. The minimum absolute atomic E-state index is 0.0767. The molecule has 1 aliphatic heterocycles. The molecule has 1 aliphatic rings. The van der Waals surface area contributed by atoms with Crippen LogP contribution in [-0.4, -0.2) is 31.5 Å². The average molecular weight is 440 g/mol. The van der Waals surface area contributed by atoms with Crippen LogP contribution in [0.3, 0.4) is 0 Å². The number of rotatable bonds is 5. The maximum atomic E-state index is 13.2. The first-order valence-corrected chi connectivity index (χ1v) is 9.78. The molecule has 2 heterocycles. The Hall–Kier alpha value is -3.72. The van der Waals surface area contributed by atoms with Gasteiger partial charge in [0.25, 0.3) is 11.6 Å². The quantitative estimate of drug-likeness (QED) is 0.370. The van der Waals surface area contributed by atoms with Crippen LogP contribution in [0.1, 0.15) is 23.7 Å². The molecular weight excluding hydrogens is 422 g/mol. The molecule has 0 aliphatic carbocycles. The first-order valence-electron chi connectivity index (χ1n) is 9.41. The number of urea groups is 1. The van der Waals surface area contributed by atoms with Crippen molar-refractivity contribution in [2.45, 2.75) is 25.9 Å². The average Bonchev–Trinajstić information content (AvgIpc) is 3.17. The highest BCUT2D eigenvalue weighted by atomic mass is 35.5. The van der Waals surface area contributed by atoms with Gasteiger partial charge in [0, 0.05) is 17.7 Å². The first-order chi connectivity index (χ1) is 14.7. The van der Waals surface area contributed by atoms with Crippen LogP contribution in [0, 0.1) is 17.0 Å². The van der Waals surface area contributed by atoms with Crippen molar-refractivity contribution in [3.63, 3.8) is 0 Å². The number of benzene rings is 2. The van der Waals surface area contributed by atoms with Crippen molar-refractivity contribution in [2.24, 2.45) is 0 Å². The Morgan fingerprint density at radius 3 is 2.55 bits per heavy atom. The lowest BCUT2D eigenvalue weighted by atomic mass is 9.91. The van der Waals surface area contributed by atoms with Gasteiger partial charge in [-0.3, -0.25) is 19.8 Å². The number of nitro groups is 1. The SMILES string of the molecule is Cc1nn(-c2ccccc2)c(Cl)c1CN1C(=O)NC(C)(c2cccc([N+](=O)[O-])c2)C1=O. The summed E-state index contributed by atoms with van der Waals surface area (Å²) in [4.78, 5) is 37.5. The van der Waals surface area contributed by atoms with Gasteiger partial charge < -0.3 is 5.32 Å². The van der Waals surface area contributed by atoms with E-state index in [1.165, 1.54) is 25.1 Å². The number of aromatic nitrogens is 2. The molecule has 4 rings (SSSR count). The Morgan fingerprint density at radius 1 is 1.16 bits per heavy atom. The molecule has 1 fully saturated rings. The number of non-ortho nitro benzene ring substituents is 1. The maximum absolute atomic E-state index is 13.2. The first kappa shape index (κ1) is 20.5. The molecule has 31 heavy (non-hydrogen) atoms. The van der Waals surface area contributed by atoms with Crippen LogP contribution >= 0.6 is 11.6 Å². The summed E-state index contributed by atoms with van der Waals surface area (Å²) in [5, 5.41) is 18.5. The molecule has 0 radical (unpaired) electrons. The number of hydrogen-bond acceptors (Lipinski definition) is 5. The summed E-state index contributed by atoms with van der Waals surface area (Å²) in [7, 11) is 0. The zero-order valence-corrected chi connectivity index (χ0v) is 17.5. The van der Waals surface area contributed by atoms with E-state index in [4.69, 9.17) is 11.6 Å². The number of halogens is 1. The number of nitrogens with one attached hydrogen (secondary N) is 1. The zero-order chi connectivity index (χ0) is 22.3. The van der Waals surface area contributed by atoms with Crippen LogP contribution in [0.4, 0.5) is 10.5 Å². The topological polar surface area (TPSA) is 110 Å². The molecule has 3 aromatic rings. The molecular formula is C21H18ClN5O4. The van der Waals surface area contributed by atoms with Crippen molar-refractivity contribution in [2.75, 3.05) is 0 Å². The third-order valence-electron chi connectivity index (χ3n) is 5.35. The molecule has 1 atom stereocenters. The van der Waals surface area contributed by atoms with Crippen molar-refractivity contribution in [1.29, 1.82) is 0 Å². The van der Waals surface area contributed by atoms with Gasteiger partial charge in [0.2, 0.25) is 0 Å². The number of hydrogen-bond donors (Lipinski definition) is 1. The van der Waals surface area contributed by atoms with Crippen LogP contribution in [0.15, 0.2) is 54.6 Å². The van der Waals surface area contributed by atoms with Crippen molar-refractivity contribution in [1.82, 2.24) is 20.0 Å². The fourth-order valence-electron chi connectivity index (χ4n) is 3.58. The normalized spacial score (nSPS) is 18.4. The molecule has 0 bridgehead atoms. The van der Waals surface area contributed by atoms with Gasteiger partial charge in [-0.15, -0.1) is 0 Å². The number of amides is 3. The molecule has 3 amide bonds. The fourth-order valence-corrected chi connectivity index (χ4v) is 3.91. The summed E-state index contributed by atoms with van der Waals surface area (Å²) in [6, 6.07) is 14.3. The van der Waals surface area contributed by atoms with Crippen molar-refractivity contribution in [3.8, 4) is 5.69 Å². The number of nitro benzene ring substituents is 1. The highest BCUT2D eigenvalue weighted by molar-refractivity contribution is 6.30. The Labute approximate surface area is 182 Å². The second-order valence-electron chi connectivity index (χ2n) is 7.36. The predicted molar refractivity (Wildman–Crippen MR) is 113 cm³/mol. The van der Waals surface area contributed by atoms with Crippen LogP contribution in [0.25, 0.3) is 5.69 Å². The van der Waals surface area contributed by atoms with E-state index in [1.807, 2.05) is 30.3 Å². The zero-order valence-electron chi connectivity index (χ0n) is 16.7. The third-order valence-corrected chi connectivity index (χ3v) is 5.74. The van der Waals surface area contributed by atoms with Crippen LogP contribution < -0.4 is 5.32 Å². The Balaban J connectivity index is 1.66. The minimum atomic E-state index is -1.43. The second-order valence-corrected chi connectivity index (χ2v) is 7.71. The van der Waals surface area contributed by atoms with E-state index in [2.05, 4.69) is 10.4 Å². The van der Waals surface area contributed by atoms with Crippen LogP contribution in [-0.2, 0) is 16.9 Å². The lowest BCUT2D eigenvalue weighted by Crippen LogP contribution is -2.40. The van der Waals surface area contributed by atoms with Crippen molar-refractivity contribution in [3.05, 3.63) is 86.7 Å². The second kappa shape index (κ2) is 7.51. The molecule has 10 heteroatoms. The summed E-state index contributed by atoms with van der Waals surface area (Å²) < 4.78 is 1.55. The summed E-state index contributed by atoms with van der Waals surface area (Å²) in [6.07, 6.45) is 0. The number of aryl methyl sites for hydroxylation is 1. The molecule has 0 spiro atoms. The Kier molecular flexibility index (Phi) is 4.98. The van der Waals surface area contributed by atoms with E-state index in [0.717, 1.165) is 10.6 Å². The van der Waals surface area contributed by atoms with E-state index in [9.17, 15) is 19.7 Å². The highest BCUT2D eigenvalue weighted by Crippen LogP contribution is 2.33. The molecule has 1 N–H and O–H groups in total. The molecule has 0 saturated carbocycles. The van der Waals surface area contributed by atoms with Gasteiger partial charge in [0.1, 0.15) is 10.7 Å². The summed E-state index contributed by atoms with van der Waals surface area (Å²) in [5.74, 6) is -0.527. The summed E-state index contributed by atoms with van der Waals surface area (Å²) in [5.41, 5.74) is 0.600. The van der Waals surface area contributed by atoms with Gasteiger partial charge in [-0.05, 0) is 31.5 Å². The molecule has 9 nitrogen and oxygen atoms in total. The lowest BCUT2D eigenvalue weighted by Gasteiger charge is -2.22. The standard InChI is InChI=1S/C21H18ClN5O4/c1-13-17(18(22)26(24-13)15-8-4-3-5-9-15)12-25-19(28)21(2,23-20(25)29)14-7-6-10-16(11-14)27(30)31/h3-11H,12H2,1-2H3,(H,23,29). The largest absolute Gasteiger partial charge is 0.325 e. The molecule has 158 valence electrons. The lowest BCUT2D eigenvalue weighted by molar-refractivity contribution is -0.385. The Morgan fingerprint density at radius 2 is 1.87 bits per heavy atom. The third kappa shape index (κ3) is 3.42. The van der Waals surface area contributed by atoms with E-state index in [-0.39, 0.29) is 12.2 Å². The number of imide groups is 1. The summed E-state index contributed by atoms with van der Waals surface area (Å²) >= 11 is 6.54. The van der Waals surface area contributed by atoms with Crippen LogP contribution in [0.2, 0.25) is 5.15 Å². The monoisotopic (exact) mass is 439 g/mol. The van der Waals surface area contributed by atoms with Crippen LogP contribution in [0.5, 0.6) is 0 Å². The van der Waals surface area contributed by atoms with Crippen molar-refractivity contribution >= 4 is 29.2 Å². The van der Waals surface area contributed by atoms with Gasteiger partial charge in [-0.25, -0.2) is 9.48 Å². The van der Waals surface area contributed by atoms with Gasteiger partial charge in [0.05, 0.1) is 22.8 Å². The van der Waals surface area contributed by atoms with E-state index in [0.29, 0.717) is 22.0 Å². The number of carbonyl (C=O) groups excluding carboxylic acids is 2. The van der Waals surface area contributed by atoms with Crippen molar-refractivity contribution < 1.29 is 14.5 Å². The number of carbonyl (C=O) groups is 2. The number of para-hydroxylation sites is 1. The molecule has 1 aromatic heterocycles. The van der Waals surface area contributed by atoms with E-state index in [1.54, 1.807) is 17.7 Å². The number of nitrogens with zero attached hydrogens (tertiary/aromatic N) is 4.